The van der Waals surface area contributed by atoms with E-state index in [1.165, 1.54) is 99.0 Å². The molecule has 1 aliphatic rings. The highest BCUT2D eigenvalue weighted by Gasteiger charge is 2.24. The van der Waals surface area contributed by atoms with E-state index in [2.05, 4.69) is 155 Å². The van der Waals surface area contributed by atoms with Crippen LogP contribution in [0.15, 0.2) is 146 Å². The number of rotatable bonds is 2. The monoisotopic (exact) mass is 570 g/mol. The Hall–Kier alpha value is -5.86. The summed E-state index contributed by atoms with van der Waals surface area (Å²) in [6.45, 7) is 0. The average molecular weight is 571 g/mol. The zero-order valence-corrected chi connectivity index (χ0v) is 24.5. The van der Waals surface area contributed by atoms with Crippen LogP contribution in [0.1, 0.15) is 11.1 Å². The molecule has 11 rings (SSSR count). The quantitative estimate of drug-likeness (QED) is 0.196. The first kappa shape index (κ1) is 23.6. The number of fused-ring (bicyclic) bond motifs is 12. The van der Waals surface area contributed by atoms with E-state index in [-0.39, 0.29) is 0 Å². The summed E-state index contributed by atoms with van der Waals surface area (Å²) in [5, 5.41) is 7.84. The van der Waals surface area contributed by atoms with Crippen LogP contribution >= 0.6 is 0 Å². The molecule has 0 N–H and O–H groups in total. The summed E-state index contributed by atoms with van der Waals surface area (Å²) in [4.78, 5) is 0. The number of nitrogens with zero attached hydrogens (tertiary/aromatic N) is 2. The lowest BCUT2D eigenvalue weighted by Crippen LogP contribution is -1.99. The second-order valence-corrected chi connectivity index (χ2v) is 12.5. The van der Waals surface area contributed by atoms with Gasteiger partial charge in [0.2, 0.25) is 0 Å². The van der Waals surface area contributed by atoms with Crippen LogP contribution in [-0.4, -0.2) is 8.97 Å². The van der Waals surface area contributed by atoms with E-state index in [1.54, 1.807) is 0 Å². The Labute approximate surface area is 259 Å². The molecule has 2 heteroatoms. The molecule has 45 heavy (non-hydrogen) atoms. The SMILES string of the molecule is c1ccc2c(c1)Cc1c-2cccc1-n1c2ccccc2c2cc(-c3ccc4c5cccc6c7ccccc7n(c4c3)c65)ccc21. The molecular formula is C43H26N2. The van der Waals surface area contributed by atoms with Crippen molar-refractivity contribution in [2.24, 2.45) is 0 Å². The van der Waals surface area contributed by atoms with Gasteiger partial charge in [-0.1, -0.05) is 109 Å². The molecule has 10 aromatic rings. The van der Waals surface area contributed by atoms with Gasteiger partial charge in [0.05, 0.1) is 33.3 Å². The number of para-hydroxylation sites is 3. The third-order valence-electron chi connectivity index (χ3n) is 10.3. The Morgan fingerprint density at radius 2 is 1.02 bits per heavy atom. The zero-order chi connectivity index (χ0) is 29.2. The standard InChI is InChI=1S/C43H26N2/c1-2-10-29-28(9-1)24-36-30(29)13-8-18-40(36)44-38-16-5-4-12-32(38)37-23-26(20-22-41(37)44)27-19-21-33-35-15-7-14-34-31-11-3-6-17-39(31)45(43(34)35)42(33)25-27/h1-23,25H,24H2. The number of benzene rings is 7. The fourth-order valence-corrected chi connectivity index (χ4v) is 8.37. The summed E-state index contributed by atoms with van der Waals surface area (Å²) in [7, 11) is 0. The van der Waals surface area contributed by atoms with Crippen LogP contribution in [0.25, 0.3) is 87.8 Å². The first-order chi connectivity index (χ1) is 22.3. The molecule has 0 bridgehead atoms. The van der Waals surface area contributed by atoms with Crippen LogP contribution in [-0.2, 0) is 6.42 Å². The molecule has 7 aromatic carbocycles. The van der Waals surface area contributed by atoms with Gasteiger partial charge in [0.25, 0.3) is 0 Å². The Morgan fingerprint density at radius 3 is 1.91 bits per heavy atom. The smallest absolute Gasteiger partial charge is 0.0620 e. The van der Waals surface area contributed by atoms with E-state index in [0.29, 0.717) is 0 Å². The largest absolute Gasteiger partial charge is 0.309 e. The van der Waals surface area contributed by atoms with Gasteiger partial charge < -0.3 is 8.97 Å². The number of hydrogen-bond acceptors (Lipinski definition) is 0. The fourth-order valence-electron chi connectivity index (χ4n) is 8.37. The summed E-state index contributed by atoms with van der Waals surface area (Å²) in [5.74, 6) is 0. The van der Waals surface area contributed by atoms with Gasteiger partial charge in [0.15, 0.2) is 0 Å². The first-order valence-electron chi connectivity index (χ1n) is 15.7. The minimum absolute atomic E-state index is 0.965. The van der Waals surface area contributed by atoms with Gasteiger partial charge in [-0.3, -0.25) is 0 Å². The van der Waals surface area contributed by atoms with Crippen molar-refractivity contribution in [2.45, 2.75) is 6.42 Å². The first-order valence-corrected chi connectivity index (χ1v) is 15.7. The second kappa shape index (κ2) is 8.40. The highest BCUT2D eigenvalue weighted by Crippen LogP contribution is 2.44. The van der Waals surface area contributed by atoms with E-state index < -0.39 is 0 Å². The molecule has 0 saturated carbocycles. The van der Waals surface area contributed by atoms with Crippen LogP contribution in [0.4, 0.5) is 0 Å². The molecule has 0 atom stereocenters. The van der Waals surface area contributed by atoms with Crippen molar-refractivity contribution in [3.8, 4) is 27.9 Å². The predicted molar refractivity (Wildman–Crippen MR) is 189 cm³/mol. The van der Waals surface area contributed by atoms with E-state index in [4.69, 9.17) is 0 Å². The second-order valence-electron chi connectivity index (χ2n) is 12.5. The van der Waals surface area contributed by atoms with Crippen LogP contribution < -0.4 is 0 Å². The van der Waals surface area contributed by atoms with E-state index in [1.807, 2.05) is 0 Å². The van der Waals surface area contributed by atoms with Crippen molar-refractivity contribution < 1.29 is 0 Å². The highest BCUT2D eigenvalue weighted by atomic mass is 15.0. The van der Waals surface area contributed by atoms with Crippen molar-refractivity contribution in [1.82, 2.24) is 8.97 Å². The zero-order valence-electron chi connectivity index (χ0n) is 24.5. The lowest BCUT2D eigenvalue weighted by Gasteiger charge is -2.13. The van der Waals surface area contributed by atoms with Crippen LogP contribution in [0.2, 0.25) is 0 Å². The minimum Gasteiger partial charge on any atom is -0.309 e. The third-order valence-corrected chi connectivity index (χ3v) is 10.3. The minimum atomic E-state index is 0.965. The van der Waals surface area contributed by atoms with Gasteiger partial charge in [0.1, 0.15) is 0 Å². The Kier molecular flexibility index (Phi) is 4.40. The van der Waals surface area contributed by atoms with Crippen LogP contribution in [0.5, 0.6) is 0 Å². The van der Waals surface area contributed by atoms with Crippen molar-refractivity contribution in [3.05, 3.63) is 157 Å². The molecule has 2 nitrogen and oxygen atoms in total. The summed E-state index contributed by atoms with van der Waals surface area (Å²) in [6.07, 6.45) is 0.965. The Bertz CT molecular complexity index is 2840. The van der Waals surface area contributed by atoms with Gasteiger partial charge in [-0.05, 0) is 69.8 Å². The maximum absolute atomic E-state index is 2.49. The van der Waals surface area contributed by atoms with Crippen molar-refractivity contribution in [3.63, 3.8) is 0 Å². The predicted octanol–water partition coefficient (Wildman–Crippen LogP) is 11.2. The third kappa shape index (κ3) is 2.99. The Balaban J connectivity index is 1.15. The van der Waals surface area contributed by atoms with Gasteiger partial charge in [0, 0.05) is 38.7 Å². The maximum Gasteiger partial charge on any atom is 0.0620 e. The summed E-state index contributed by atoms with van der Waals surface area (Å²) >= 11 is 0. The molecule has 0 radical (unpaired) electrons. The number of hydrogen-bond donors (Lipinski definition) is 0. The molecule has 0 fully saturated rings. The van der Waals surface area contributed by atoms with Gasteiger partial charge in [-0.15, -0.1) is 0 Å². The summed E-state index contributed by atoms with van der Waals surface area (Å²) < 4.78 is 4.96. The highest BCUT2D eigenvalue weighted by molar-refractivity contribution is 6.23. The molecular weight excluding hydrogens is 544 g/mol. The van der Waals surface area contributed by atoms with E-state index in [0.717, 1.165) is 6.42 Å². The molecule has 0 amide bonds. The van der Waals surface area contributed by atoms with Gasteiger partial charge >= 0.3 is 0 Å². The van der Waals surface area contributed by atoms with E-state index >= 15 is 0 Å². The maximum atomic E-state index is 2.49. The van der Waals surface area contributed by atoms with E-state index in [9.17, 15) is 0 Å². The number of aromatic nitrogens is 2. The summed E-state index contributed by atoms with van der Waals surface area (Å²) in [5.41, 5.74) is 15.7. The molecule has 0 unspecified atom stereocenters. The van der Waals surface area contributed by atoms with Gasteiger partial charge in [-0.25, -0.2) is 0 Å². The van der Waals surface area contributed by atoms with Gasteiger partial charge in [-0.2, -0.15) is 0 Å². The Morgan fingerprint density at radius 1 is 0.400 bits per heavy atom. The lowest BCUT2D eigenvalue weighted by molar-refractivity contribution is 1.12. The van der Waals surface area contributed by atoms with Crippen molar-refractivity contribution in [1.29, 1.82) is 0 Å². The molecule has 3 heterocycles. The molecule has 0 aliphatic heterocycles. The molecule has 3 aromatic heterocycles. The molecule has 0 spiro atoms. The summed E-state index contributed by atoms with van der Waals surface area (Å²) in [6, 6.07) is 54.1. The lowest BCUT2D eigenvalue weighted by atomic mass is 10.0. The van der Waals surface area contributed by atoms with Crippen LogP contribution in [0, 0.1) is 0 Å². The van der Waals surface area contributed by atoms with Crippen molar-refractivity contribution in [2.75, 3.05) is 0 Å². The molecule has 0 saturated heterocycles. The average Bonchev–Trinajstić information content (AvgIpc) is 3.83. The van der Waals surface area contributed by atoms with Crippen LogP contribution in [0.3, 0.4) is 0 Å². The topological polar surface area (TPSA) is 9.34 Å². The van der Waals surface area contributed by atoms with Crippen molar-refractivity contribution >= 4 is 59.9 Å². The molecule has 1 aliphatic carbocycles. The normalized spacial score (nSPS) is 12.8. The fraction of sp³-hybridized carbons (Fsp3) is 0.0233. The molecule has 208 valence electrons.